The first-order valence-corrected chi connectivity index (χ1v) is 8.24. The monoisotopic (exact) mass is 335 g/mol. The lowest BCUT2D eigenvalue weighted by atomic mass is 9.95. The first kappa shape index (κ1) is 15.3. The van der Waals surface area contributed by atoms with Crippen molar-refractivity contribution in [1.82, 2.24) is 20.0 Å². The fraction of sp³-hybridized carbons (Fsp3) is 0.222. The number of aryl methyl sites for hydroxylation is 2. The van der Waals surface area contributed by atoms with Gasteiger partial charge in [-0.15, -0.1) is 0 Å². The molecule has 0 bridgehead atoms. The maximum absolute atomic E-state index is 12.5. The number of hydrogen-bond donors (Lipinski definition) is 2. The minimum atomic E-state index is -0.403. The summed E-state index contributed by atoms with van der Waals surface area (Å²) in [5.74, 6) is -0.403. The van der Waals surface area contributed by atoms with Crippen molar-refractivity contribution in [2.24, 2.45) is 0 Å². The van der Waals surface area contributed by atoms with Gasteiger partial charge in [0, 0.05) is 11.4 Å². The van der Waals surface area contributed by atoms with Crippen LogP contribution in [0.5, 0.6) is 0 Å². The molecule has 0 unspecified atom stereocenters. The second kappa shape index (κ2) is 6.35. The van der Waals surface area contributed by atoms with Gasteiger partial charge in [0.25, 0.3) is 11.5 Å². The van der Waals surface area contributed by atoms with Gasteiger partial charge in [-0.05, 0) is 61.6 Å². The van der Waals surface area contributed by atoms with E-state index in [0.29, 0.717) is 5.69 Å². The largest absolute Gasteiger partial charge is 0.325 e. The number of aromatic amines is 1. The molecule has 1 amide bonds. The van der Waals surface area contributed by atoms with Gasteiger partial charge in [-0.3, -0.25) is 9.59 Å². The Bertz CT molecular complexity index is 958. The molecule has 7 heteroatoms. The summed E-state index contributed by atoms with van der Waals surface area (Å²) in [4.78, 5) is 29.0. The maximum Gasteiger partial charge on any atom is 0.261 e. The molecule has 2 aromatic heterocycles. The quantitative estimate of drug-likeness (QED) is 0.766. The molecule has 0 radical (unpaired) electrons. The predicted octanol–water partition coefficient (Wildman–Crippen LogP) is 2.09. The Balaban J connectivity index is 1.55. The number of aromatic nitrogens is 4. The van der Waals surface area contributed by atoms with E-state index in [9.17, 15) is 9.59 Å². The highest BCUT2D eigenvalue weighted by Crippen LogP contribution is 2.19. The average molecular weight is 335 g/mol. The van der Waals surface area contributed by atoms with Crippen molar-refractivity contribution < 1.29 is 4.79 Å². The zero-order chi connectivity index (χ0) is 17.2. The highest BCUT2D eigenvalue weighted by Gasteiger charge is 2.17. The van der Waals surface area contributed by atoms with Gasteiger partial charge in [-0.25, -0.2) is 0 Å². The van der Waals surface area contributed by atoms with Crippen molar-refractivity contribution in [2.75, 3.05) is 5.32 Å². The summed E-state index contributed by atoms with van der Waals surface area (Å²) >= 11 is 0. The van der Waals surface area contributed by atoms with E-state index in [0.717, 1.165) is 42.6 Å². The summed E-state index contributed by atoms with van der Waals surface area (Å²) in [5, 5.41) is 10.9. The van der Waals surface area contributed by atoms with Crippen molar-refractivity contribution in [2.45, 2.75) is 25.7 Å². The van der Waals surface area contributed by atoms with E-state index in [4.69, 9.17) is 0 Å². The van der Waals surface area contributed by atoms with Crippen LogP contribution in [-0.4, -0.2) is 25.9 Å². The van der Waals surface area contributed by atoms with E-state index >= 15 is 0 Å². The number of rotatable bonds is 3. The molecule has 3 aromatic rings. The number of carbonyl (C=O) groups is 1. The molecule has 7 nitrogen and oxygen atoms in total. The molecular formula is C18H17N5O2. The summed E-state index contributed by atoms with van der Waals surface area (Å²) in [6.45, 7) is 0. The first-order chi connectivity index (χ1) is 12.2. The molecule has 0 spiro atoms. The lowest BCUT2D eigenvalue weighted by Gasteiger charge is -2.16. The third-order valence-electron chi connectivity index (χ3n) is 4.36. The molecule has 2 heterocycles. The van der Waals surface area contributed by atoms with E-state index in [2.05, 4.69) is 20.5 Å². The number of carbonyl (C=O) groups excluding carboxylic acids is 1. The molecule has 0 saturated heterocycles. The van der Waals surface area contributed by atoms with Gasteiger partial charge in [0.05, 0.1) is 18.1 Å². The number of hydrogen-bond acceptors (Lipinski definition) is 4. The summed E-state index contributed by atoms with van der Waals surface area (Å²) in [6.07, 6.45) is 7.12. The van der Waals surface area contributed by atoms with E-state index < -0.39 is 5.91 Å². The van der Waals surface area contributed by atoms with Gasteiger partial charge in [0.1, 0.15) is 5.56 Å². The van der Waals surface area contributed by atoms with Crippen LogP contribution in [0, 0.1) is 0 Å². The van der Waals surface area contributed by atoms with E-state index in [1.807, 2.05) is 0 Å². The number of amides is 1. The van der Waals surface area contributed by atoms with Crippen molar-refractivity contribution in [1.29, 1.82) is 0 Å². The Morgan fingerprint density at radius 2 is 1.80 bits per heavy atom. The van der Waals surface area contributed by atoms with Crippen LogP contribution < -0.4 is 10.9 Å². The van der Waals surface area contributed by atoms with Crippen molar-refractivity contribution in [3.63, 3.8) is 0 Å². The molecule has 4 rings (SSSR count). The SMILES string of the molecule is O=C(Nc1ccc(-n2nccn2)cc1)c1cc2c([nH]c1=O)CCCC2. The fourth-order valence-corrected chi connectivity index (χ4v) is 3.07. The fourth-order valence-electron chi connectivity index (χ4n) is 3.07. The molecule has 25 heavy (non-hydrogen) atoms. The van der Waals surface area contributed by atoms with Gasteiger partial charge in [-0.2, -0.15) is 15.0 Å². The van der Waals surface area contributed by atoms with Crippen molar-refractivity contribution >= 4 is 11.6 Å². The van der Waals surface area contributed by atoms with Crippen LogP contribution >= 0.6 is 0 Å². The topological polar surface area (TPSA) is 92.7 Å². The van der Waals surface area contributed by atoms with Crippen LogP contribution in [-0.2, 0) is 12.8 Å². The maximum atomic E-state index is 12.5. The highest BCUT2D eigenvalue weighted by atomic mass is 16.2. The number of benzene rings is 1. The van der Waals surface area contributed by atoms with Crippen LogP contribution in [0.25, 0.3) is 5.69 Å². The second-order valence-corrected chi connectivity index (χ2v) is 6.04. The Morgan fingerprint density at radius 1 is 1.08 bits per heavy atom. The predicted molar refractivity (Wildman–Crippen MR) is 93.0 cm³/mol. The Hall–Kier alpha value is -3.22. The van der Waals surface area contributed by atoms with Crippen LogP contribution in [0.2, 0.25) is 0 Å². The zero-order valence-corrected chi connectivity index (χ0v) is 13.5. The summed E-state index contributed by atoms with van der Waals surface area (Å²) < 4.78 is 0. The zero-order valence-electron chi connectivity index (χ0n) is 13.5. The number of fused-ring (bicyclic) bond motifs is 1. The molecule has 0 aliphatic heterocycles. The lowest BCUT2D eigenvalue weighted by Crippen LogP contribution is -2.26. The van der Waals surface area contributed by atoms with Crippen LogP contribution in [0.3, 0.4) is 0 Å². The van der Waals surface area contributed by atoms with Gasteiger partial charge >= 0.3 is 0 Å². The lowest BCUT2D eigenvalue weighted by molar-refractivity contribution is 0.102. The molecular weight excluding hydrogens is 318 g/mol. The molecule has 0 saturated carbocycles. The van der Waals surface area contributed by atoms with Crippen molar-refractivity contribution in [3.05, 3.63) is 69.9 Å². The minimum Gasteiger partial charge on any atom is -0.325 e. The Kier molecular flexibility index (Phi) is 3.89. The molecule has 2 N–H and O–H groups in total. The van der Waals surface area contributed by atoms with Crippen LogP contribution in [0.4, 0.5) is 5.69 Å². The van der Waals surface area contributed by atoms with Crippen molar-refractivity contribution in [3.8, 4) is 5.69 Å². The second-order valence-electron chi connectivity index (χ2n) is 6.04. The van der Waals surface area contributed by atoms with Gasteiger partial charge in [0.15, 0.2) is 0 Å². The summed E-state index contributed by atoms with van der Waals surface area (Å²) in [6, 6.07) is 8.83. The summed E-state index contributed by atoms with van der Waals surface area (Å²) in [5.41, 5.74) is 3.24. The third kappa shape index (κ3) is 3.08. The number of pyridine rings is 1. The van der Waals surface area contributed by atoms with E-state index in [-0.39, 0.29) is 11.1 Å². The normalized spacial score (nSPS) is 13.3. The van der Waals surface area contributed by atoms with E-state index in [1.54, 1.807) is 42.7 Å². The molecule has 1 aliphatic rings. The molecule has 0 atom stereocenters. The number of H-pyrrole nitrogens is 1. The Labute approximate surface area is 143 Å². The Morgan fingerprint density at radius 3 is 2.56 bits per heavy atom. The average Bonchev–Trinajstić information content (AvgIpc) is 3.16. The highest BCUT2D eigenvalue weighted by molar-refractivity contribution is 6.04. The number of anilines is 1. The standard InChI is InChI=1S/C18H17N5O2/c24-17(15-11-12-3-1-2-4-16(12)22-18(15)25)21-13-5-7-14(8-6-13)23-19-9-10-20-23/h5-11H,1-4H2,(H,21,24)(H,22,25). The first-order valence-electron chi connectivity index (χ1n) is 8.24. The van der Waals surface area contributed by atoms with Gasteiger partial charge < -0.3 is 10.3 Å². The molecule has 126 valence electrons. The number of nitrogens with zero attached hydrogens (tertiary/aromatic N) is 3. The van der Waals surface area contributed by atoms with Crippen LogP contribution in [0.1, 0.15) is 34.5 Å². The summed E-state index contributed by atoms with van der Waals surface area (Å²) in [7, 11) is 0. The smallest absolute Gasteiger partial charge is 0.261 e. The molecule has 1 aliphatic carbocycles. The third-order valence-corrected chi connectivity index (χ3v) is 4.36. The van der Waals surface area contributed by atoms with Gasteiger partial charge in [-0.1, -0.05) is 0 Å². The van der Waals surface area contributed by atoms with E-state index in [1.165, 1.54) is 4.80 Å². The minimum absolute atomic E-state index is 0.151. The molecule has 0 fully saturated rings. The van der Waals surface area contributed by atoms with Gasteiger partial charge in [0.2, 0.25) is 0 Å². The number of nitrogens with one attached hydrogen (secondary N) is 2. The molecule has 1 aromatic carbocycles. The van der Waals surface area contributed by atoms with Crippen LogP contribution in [0.15, 0.2) is 47.5 Å².